The smallest absolute Gasteiger partial charge is 0.248 e. The molecule has 1 saturated heterocycles. The molecular formula is C23H27N3O3. The lowest BCUT2D eigenvalue weighted by Gasteiger charge is -2.34. The van der Waals surface area contributed by atoms with E-state index in [-0.39, 0.29) is 5.91 Å². The molecule has 1 N–H and O–H groups in total. The molecule has 1 aliphatic heterocycles. The second-order valence-corrected chi connectivity index (χ2v) is 6.89. The average Bonchev–Trinajstić information content (AvgIpc) is 2.78. The molecule has 152 valence electrons. The summed E-state index contributed by atoms with van der Waals surface area (Å²) in [5.74, 6) is 0.423. The minimum atomic E-state index is -0.188. The quantitative estimate of drug-likeness (QED) is 0.579. The monoisotopic (exact) mass is 393 g/mol. The van der Waals surface area contributed by atoms with Gasteiger partial charge in [-0.15, -0.1) is 0 Å². The zero-order valence-corrected chi connectivity index (χ0v) is 16.9. The summed E-state index contributed by atoms with van der Waals surface area (Å²) in [6.45, 7) is 4.93. The van der Waals surface area contributed by atoms with Gasteiger partial charge in [-0.2, -0.15) is 0 Å². The van der Waals surface area contributed by atoms with Crippen LogP contribution in [0.1, 0.15) is 18.9 Å². The van der Waals surface area contributed by atoms with E-state index in [0.29, 0.717) is 24.5 Å². The Bertz CT molecular complexity index is 872. The Morgan fingerprint density at radius 1 is 1.10 bits per heavy atom. The van der Waals surface area contributed by atoms with Gasteiger partial charge in [0, 0.05) is 37.9 Å². The summed E-state index contributed by atoms with van der Waals surface area (Å²) in [5, 5.41) is 2.96. The molecule has 3 rings (SSSR count). The molecule has 29 heavy (non-hydrogen) atoms. The van der Waals surface area contributed by atoms with Crippen LogP contribution in [-0.2, 0) is 9.59 Å². The van der Waals surface area contributed by atoms with E-state index in [0.717, 1.165) is 42.7 Å². The van der Waals surface area contributed by atoms with E-state index in [1.807, 2.05) is 55.5 Å². The van der Waals surface area contributed by atoms with E-state index in [1.54, 1.807) is 18.1 Å². The first-order chi connectivity index (χ1) is 14.1. The standard InChI is InChI=1S/C23H27N3O3/c1-3-18(19-7-5-4-6-8-19)15-23(28)24-21-16-20(9-10-22(21)29-2)26-13-11-25(17-27)12-14-26/h4-10,15-17H,3,11-14H2,1-2H3,(H,24,28)/b18-15+. The Morgan fingerprint density at radius 2 is 1.83 bits per heavy atom. The molecule has 2 aromatic rings. The number of carbonyl (C=O) groups is 2. The summed E-state index contributed by atoms with van der Waals surface area (Å²) < 4.78 is 5.43. The van der Waals surface area contributed by atoms with Gasteiger partial charge in [0.2, 0.25) is 12.3 Å². The van der Waals surface area contributed by atoms with E-state index < -0.39 is 0 Å². The van der Waals surface area contributed by atoms with Gasteiger partial charge in [0.05, 0.1) is 12.8 Å². The summed E-state index contributed by atoms with van der Waals surface area (Å²) in [7, 11) is 1.59. The highest BCUT2D eigenvalue weighted by molar-refractivity contribution is 6.05. The van der Waals surface area contributed by atoms with E-state index in [9.17, 15) is 9.59 Å². The van der Waals surface area contributed by atoms with Crippen LogP contribution in [-0.4, -0.2) is 50.5 Å². The molecule has 0 radical (unpaired) electrons. The van der Waals surface area contributed by atoms with Crippen molar-refractivity contribution in [1.82, 2.24) is 4.90 Å². The minimum Gasteiger partial charge on any atom is -0.495 e. The number of nitrogens with zero attached hydrogens (tertiary/aromatic N) is 2. The van der Waals surface area contributed by atoms with Crippen LogP contribution in [0.15, 0.2) is 54.6 Å². The van der Waals surface area contributed by atoms with Crippen LogP contribution >= 0.6 is 0 Å². The van der Waals surface area contributed by atoms with Gasteiger partial charge in [0.25, 0.3) is 0 Å². The molecule has 6 heteroatoms. The average molecular weight is 393 g/mol. The lowest BCUT2D eigenvalue weighted by Crippen LogP contribution is -2.45. The van der Waals surface area contributed by atoms with Gasteiger partial charge in [0.15, 0.2) is 0 Å². The Morgan fingerprint density at radius 3 is 2.45 bits per heavy atom. The number of hydrogen-bond acceptors (Lipinski definition) is 4. The van der Waals surface area contributed by atoms with E-state index >= 15 is 0 Å². The molecule has 2 aromatic carbocycles. The van der Waals surface area contributed by atoms with Crippen molar-refractivity contribution < 1.29 is 14.3 Å². The Labute approximate surface area is 171 Å². The zero-order chi connectivity index (χ0) is 20.6. The summed E-state index contributed by atoms with van der Waals surface area (Å²) in [6, 6.07) is 15.7. The van der Waals surface area contributed by atoms with Crippen LogP contribution < -0.4 is 15.0 Å². The van der Waals surface area contributed by atoms with Crippen molar-refractivity contribution in [2.24, 2.45) is 0 Å². The van der Waals surface area contributed by atoms with Gasteiger partial charge >= 0.3 is 0 Å². The summed E-state index contributed by atoms with van der Waals surface area (Å²) >= 11 is 0. The molecule has 1 aliphatic rings. The van der Waals surface area contributed by atoms with Crippen molar-refractivity contribution in [3.8, 4) is 5.75 Å². The number of piperazine rings is 1. The van der Waals surface area contributed by atoms with Gasteiger partial charge in [-0.05, 0) is 35.8 Å². The molecule has 6 nitrogen and oxygen atoms in total. The van der Waals surface area contributed by atoms with Crippen molar-refractivity contribution in [1.29, 1.82) is 0 Å². The Balaban J connectivity index is 1.77. The number of benzene rings is 2. The van der Waals surface area contributed by atoms with Gasteiger partial charge in [-0.1, -0.05) is 37.3 Å². The summed E-state index contributed by atoms with van der Waals surface area (Å²) in [4.78, 5) is 27.6. The van der Waals surface area contributed by atoms with E-state index in [4.69, 9.17) is 4.74 Å². The third kappa shape index (κ3) is 5.16. The van der Waals surface area contributed by atoms with Crippen molar-refractivity contribution in [3.63, 3.8) is 0 Å². The lowest BCUT2D eigenvalue weighted by molar-refractivity contribution is -0.118. The largest absolute Gasteiger partial charge is 0.495 e. The van der Waals surface area contributed by atoms with Gasteiger partial charge < -0.3 is 19.9 Å². The number of rotatable bonds is 7. The number of nitrogens with one attached hydrogen (secondary N) is 1. The first-order valence-electron chi connectivity index (χ1n) is 9.84. The van der Waals surface area contributed by atoms with Gasteiger partial charge in [0.1, 0.15) is 5.75 Å². The molecule has 1 heterocycles. The van der Waals surface area contributed by atoms with Crippen LogP contribution in [0.3, 0.4) is 0 Å². The van der Waals surface area contributed by atoms with E-state index in [2.05, 4.69) is 10.2 Å². The maximum Gasteiger partial charge on any atom is 0.248 e. The van der Waals surface area contributed by atoms with E-state index in [1.165, 1.54) is 0 Å². The summed E-state index contributed by atoms with van der Waals surface area (Å²) in [6.07, 6.45) is 3.29. The molecule has 0 aliphatic carbocycles. The first-order valence-corrected chi connectivity index (χ1v) is 9.84. The van der Waals surface area contributed by atoms with Crippen molar-refractivity contribution in [2.75, 3.05) is 43.5 Å². The maximum atomic E-state index is 12.7. The molecule has 0 spiro atoms. The molecule has 1 fully saturated rings. The predicted octanol–water partition coefficient (Wildman–Crippen LogP) is 3.41. The first kappa shape index (κ1) is 20.5. The van der Waals surface area contributed by atoms with Crippen LogP contribution in [0.2, 0.25) is 0 Å². The molecular weight excluding hydrogens is 366 g/mol. The van der Waals surface area contributed by atoms with Crippen LogP contribution in [0, 0.1) is 0 Å². The second kappa shape index (κ2) is 9.78. The fourth-order valence-corrected chi connectivity index (χ4v) is 3.44. The number of carbonyl (C=O) groups excluding carboxylic acids is 2. The number of allylic oxidation sites excluding steroid dienone is 1. The number of hydrogen-bond donors (Lipinski definition) is 1. The normalized spacial score (nSPS) is 14.5. The van der Waals surface area contributed by atoms with Crippen LogP contribution in [0.4, 0.5) is 11.4 Å². The highest BCUT2D eigenvalue weighted by Crippen LogP contribution is 2.30. The Hall–Kier alpha value is -3.28. The molecule has 0 saturated carbocycles. The van der Waals surface area contributed by atoms with Crippen LogP contribution in [0.5, 0.6) is 5.75 Å². The summed E-state index contributed by atoms with van der Waals surface area (Å²) in [5.41, 5.74) is 3.64. The molecule has 0 atom stereocenters. The number of methoxy groups -OCH3 is 1. The highest BCUT2D eigenvalue weighted by Gasteiger charge is 2.17. The maximum absolute atomic E-state index is 12.7. The second-order valence-electron chi connectivity index (χ2n) is 6.89. The molecule has 0 unspecified atom stereocenters. The fourth-order valence-electron chi connectivity index (χ4n) is 3.44. The number of amides is 2. The van der Waals surface area contributed by atoms with Gasteiger partial charge in [-0.3, -0.25) is 9.59 Å². The van der Waals surface area contributed by atoms with Crippen molar-refractivity contribution in [3.05, 3.63) is 60.2 Å². The number of ether oxygens (including phenoxy) is 1. The topological polar surface area (TPSA) is 61.9 Å². The molecule has 2 amide bonds. The van der Waals surface area contributed by atoms with Crippen LogP contribution in [0.25, 0.3) is 5.57 Å². The Kier molecular flexibility index (Phi) is 6.89. The van der Waals surface area contributed by atoms with Crippen molar-refractivity contribution in [2.45, 2.75) is 13.3 Å². The van der Waals surface area contributed by atoms with Gasteiger partial charge in [-0.25, -0.2) is 0 Å². The highest BCUT2D eigenvalue weighted by atomic mass is 16.5. The lowest BCUT2D eigenvalue weighted by atomic mass is 10.0. The predicted molar refractivity (Wildman–Crippen MR) is 116 cm³/mol. The third-order valence-corrected chi connectivity index (χ3v) is 5.10. The fraction of sp³-hybridized carbons (Fsp3) is 0.304. The third-order valence-electron chi connectivity index (χ3n) is 5.10. The van der Waals surface area contributed by atoms with Crippen molar-refractivity contribution >= 4 is 29.3 Å². The SMILES string of the molecule is CC/C(=C\C(=O)Nc1cc(N2CCN(C=O)CC2)ccc1OC)c1ccccc1. The number of anilines is 2. The molecule has 0 bridgehead atoms. The minimum absolute atomic E-state index is 0.188. The zero-order valence-electron chi connectivity index (χ0n) is 16.9. The molecule has 0 aromatic heterocycles.